The van der Waals surface area contributed by atoms with Crippen molar-refractivity contribution in [3.8, 4) is 11.1 Å². The molecule has 0 fully saturated rings. The van der Waals surface area contributed by atoms with Crippen LogP contribution in [0.2, 0.25) is 0 Å². The van der Waals surface area contributed by atoms with Crippen LogP contribution in [0.5, 0.6) is 0 Å². The number of hydrogen-bond acceptors (Lipinski definition) is 0. The average Bonchev–Trinajstić information content (AvgIpc) is 3.67. The van der Waals surface area contributed by atoms with Gasteiger partial charge in [-0.2, -0.15) is 0 Å². The SMILES string of the molecule is CC(C)(C)c1ccc2c(c1)C=c1c-2cc(=C(c2ccccc2)c2ccccc2)c(C(C)(C)C)c1C1C=C(c2ccccc2)c2ccccc21. The summed E-state index contributed by atoms with van der Waals surface area (Å²) in [6.45, 7) is 14.1. The Morgan fingerprint density at radius 2 is 1.12 bits per heavy atom. The minimum Gasteiger partial charge on any atom is -0.0641 e. The quantitative estimate of drug-likeness (QED) is 0.181. The van der Waals surface area contributed by atoms with Crippen molar-refractivity contribution in [1.82, 2.24) is 0 Å². The molecule has 0 amide bonds. The molecule has 1 unspecified atom stereocenters. The Labute approximate surface area is 291 Å². The molecule has 0 spiro atoms. The number of benzene rings is 6. The summed E-state index contributed by atoms with van der Waals surface area (Å²) in [4.78, 5) is 0. The standard InChI is InChI=1S/C49H44/c1-48(2,3)36-26-27-37-35(28-36)29-42-41(37)31-44(45(33-20-12-8-13-21-33)34-22-14-9-15-23-34)47(49(4,5)6)46(42)43-30-40(32-18-10-7-11-19-32)38-24-16-17-25-39(38)43/h7-31,43H,1-6H3. The predicted octanol–water partition coefficient (Wildman–Crippen LogP) is 10.9. The second kappa shape index (κ2) is 11.7. The summed E-state index contributed by atoms with van der Waals surface area (Å²) >= 11 is 0. The van der Waals surface area contributed by atoms with E-state index in [2.05, 4.69) is 193 Å². The van der Waals surface area contributed by atoms with Gasteiger partial charge in [0.05, 0.1) is 0 Å². The lowest BCUT2D eigenvalue weighted by atomic mass is 9.74. The van der Waals surface area contributed by atoms with E-state index in [-0.39, 0.29) is 16.7 Å². The average molecular weight is 633 g/mol. The van der Waals surface area contributed by atoms with Crippen molar-refractivity contribution >= 4 is 17.2 Å². The van der Waals surface area contributed by atoms with E-state index < -0.39 is 0 Å². The Balaban J connectivity index is 1.57. The fourth-order valence-corrected chi connectivity index (χ4v) is 8.13. The van der Waals surface area contributed by atoms with Gasteiger partial charge >= 0.3 is 0 Å². The minimum absolute atomic E-state index is 0.0709. The molecule has 0 bridgehead atoms. The normalized spacial score (nSPS) is 14.8. The highest BCUT2D eigenvalue weighted by atomic mass is 14.4. The molecule has 6 aromatic rings. The van der Waals surface area contributed by atoms with E-state index in [4.69, 9.17) is 0 Å². The van der Waals surface area contributed by atoms with Crippen molar-refractivity contribution < 1.29 is 0 Å². The fraction of sp³-hybridized carbons (Fsp3) is 0.184. The van der Waals surface area contributed by atoms with E-state index in [1.807, 2.05) is 0 Å². The number of fused-ring (bicyclic) bond motifs is 4. The Hall–Kier alpha value is -5.20. The summed E-state index contributed by atoms with van der Waals surface area (Å²) in [5.74, 6) is 0.106. The molecule has 2 aliphatic carbocycles. The Kier molecular flexibility index (Phi) is 7.45. The molecule has 8 rings (SSSR count). The van der Waals surface area contributed by atoms with Crippen LogP contribution in [0.4, 0.5) is 0 Å². The first kappa shape index (κ1) is 31.1. The zero-order valence-corrected chi connectivity index (χ0v) is 29.5. The van der Waals surface area contributed by atoms with Crippen molar-refractivity contribution in [2.75, 3.05) is 0 Å². The zero-order valence-electron chi connectivity index (χ0n) is 29.5. The molecule has 0 radical (unpaired) electrons. The van der Waals surface area contributed by atoms with Crippen LogP contribution in [0, 0.1) is 0 Å². The number of rotatable bonds is 4. The lowest BCUT2D eigenvalue weighted by Gasteiger charge is -2.29. The van der Waals surface area contributed by atoms with Crippen molar-refractivity contribution in [1.29, 1.82) is 0 Å². The molecule has 0 aromatic heterocycles. The van der Waals surface area contributed by atoms with Crippen LogP contribution in [0.25, 0.3) is 28.3 Å². The molecule has 0 nitrogen and oxygen atoms in total. The van der Waals surface area contributed by atoms with E-state index in [0.29, 0.717) is 0 Å². The van der Waals surface area contributed by atoms with Gasteiger partial charge < -0.3 is 0 Å². The van der Waals surface area contributed by atoms with Gasteiger partial charge in [0.25, 0.3) is 0 Å². The second-order valence-electron chi connectivity index (χ2n) is 15.7. The van der Waals surface area contributed by atoms with E-state index in [0.717, 1.165) is 0 Å². The van der Waals surface area contributed by atoms with Crippen molar-refractivity contribution in [3.05, 3.63) is 206 Å². The molecule has 1 atom stereocenters. The van der Waals surface area contributed by atoms with Crippen LogP contribution in [0.15, 0.2) is 146 Å². The molecule has 0 heterocycles. The third-order valence-corrected chi connectivity index (χ3v) is 10.4. The summed E-state index contributed by atoms with van der Waals surface area (Å²) in [6, 6.07) is 51.7. The highest BCUT2D eigenvalue weighted by Crippen LogP contribution is 2.45. The van der Waals surface area contributed by atoms with Crippen LogP contribution in [-0.4, -0.2) is 0 Å². The lowest BCUT2D eigenvalue weighted by molar-refractivity contribution is 0.576. The summed E-state index contributed by atoms with van der Waals surface area (Å²) in [5.41, 5.74) is 17.2. The van der Waals surface area contributed by atoms with E-state index in [1.165, 1.54) is 82.8 Å². The summed E-state index contributed by atoms with van der Waals surface area (Å²) in [6.07, 6.45) is 5.05. The Morgan fingerprint density at radius 3 is 1.73 bits per heavy atom. The topological polar surface area (TPSA) is 0 Å². The van der Waals surface area contributed by atoms with Gasteiger partial charge in [-0.15, -0.1) is 0 Å². The van der Waals surface area contributed by atoms with Crippen LogP contribution in [0.3, 0.4) is 0 Å². The van der Waals surface area contributed by atoms with Gasteiger partial charge in [0.15, 0.2) is 0 Å². The maximum absolute atomic E-state index is 2.55. The maximum atomic E-state index is 2.55. The minimum atomic E-state index is -0.147. The van der Waals surface area contributed by atoms with Crippen molar-refractivity contribution in [3.63, 3.8) is 0 Å². The summed E-state index contributed by atoms with van der Waals surface area (Å²) in [7, 11) is 0. The van der Waals surface area contributed by atoms with Crippen LogP contribution < -0.4 is 10.4 Å². The van der Waals surface area contributed by atoms with Gasteiger partial charge in [-0.05, 0) is 106 Å². The van der Waals surface area contributed by atoms with Gasteiger partial charge in [-0.1, -0.05) is 181 Å². The first-order valence-electron chi connectivity index (χ1n) is 17.7. The lowest BCUT2D eigenvalue weighted by Crippen LogP contribution is -2.34. The fourth-order valence-electron chi connectivity index (χ4n) is 8.13. The van der Waals surface area contributed by atoms with Gasteiger partial charge in [0, 0.05) is 5.92 Å². The number of hydrogen-bond donors (Lipinski definition) is 0. The monoisotopic (exact) mass is 632 g/mol. The smallest absolute Gasteiger partial charge is 0.0294 e. The Morgan fingerprint density at radius 1 is 0.531 bits per heavy atom. The molecule has 2 aliphatic rings. The first-order valence-corrected chi connectivity index (χ1v) is 17.7. The number of allylic oxidation sites excluding steroid dienone is 1. The summed E-state index contributed by atoms with van der Waals surface area (Å²) < 4.78 is 0. The first-order chi connectivity index (χ1) is 23.6. The third-order valence-electron chi connectivity index (χ3n) is 10.4. The highest BCUT2D eigenvalue weighted by molar-refractivity contribution is 5.91. The molecule has 0 aliphatic heterocycles. The largest absolute Gasteiger partial charge is 0.0641 e. The second-order valence-corrected chi connectivity index (χ2v) is 15.7. The Bertz CT molecular complexity index is 2320. The third kappa shape index (κ3) is 5.41. The van der Waals surface area contributed by atoms with Gasteiger partial charge in [-0.3, -0.25) is 0 Å². The van der Waals surface area contributed by atoms with E-state index in [1.54, 1.807) is 0 Å². The maximum Gasteiger partial charge on any atom is 0.0294 e. The molecular formula is C49H44. The van der Waals surface area contributed by atoms with Crippen LogP contribution in [-0.2, 0) is 10.8 Å². The van der Waals surface area contributed by atoms with Crippen LogP contribution in [0.1, 0.15) is 97.5 Å². The zero-order chi connectivity index (χ0) is 33.9. The molecule has 0 saturated carbocycles. The van der Waals surface area contributed by atoms with Gasteiger partial charge in [-0.25, -0.2) is 0 Å². The van der Waals surface area contributed by atoms with Gasteiger partial charge in [0.1, 0.15) is 0 Å². The molecule has 240 valence electrons. The summed E-state index contributed by atoms with van der Waals surface area (Å²) in [5, 5.41) is 2.68. The van der Waals surface area contributed by atoms with Crippen molar-refractivity contribution in [2.24, 2.45) is 0 Å². The molecule has 0 saturated heterocycles. The predicted molar refractivity (Wildman–Crippen MR) is 208 cm³/mol. The highest BCUT2D eigenvalue weighted by Gasteiger charge is 2.34. The molecule has 0 N–H and O–H groups in total. The molecular weight excluding hydrogens is 589 g/mol. The van der Waals surface area contributed by atoms with E-state index in [9.17, 15) is 0 Å². The molecule has 49 heavy (non-hydrogen) atoms. The van der Waals surface area contributed by atoms with Crippen LogP contribution >= 0.6 is 0 Å². The van der Waals surface area contributed by atoms with Gasteiger partial charge in [0.2, 0.25) is 0 Å². The molecule has 6 aromatic carbocycles. The van der Waals surface area contributed by atoms with Crippen molar-refractivity contribution in [2.45, 2.75) is 58.3 Å². The van der Waals surface area contributed by atoms with E-state index >= 15 is 0 Å². The molecule has 0 heteroatoms.